The lowest BCUT2D eigenvalue weighted by Crippen LogP contribution is -2.46. The number of ether oxygens (including phenoxy) is 2. The van der Waals surface area contributed by atoms with E-state index in [1.807, 2.05) is 12.1 Å². The predicted octanol–water partition coefficient (Wildman–Crippen LogP) is 2.24. The molecule has 172 valence electrons. The maximum atomic E-state index is 11.1. The Kier molecular flexibility index (Phi) is 5.77. The highest BCUT2D eigenvalue weighted by Gasteiger charge is 2.27. The number of nitrogens with zero attached hydrogens (tertiary/aromatic N) is 6. The molecule has 10 nitrogen and oxygen atoms in total. The van der Waals surface area contributed by atoms with Gasteiger partial charge in [0.15, 0.2) is 5.65 Å². The first-order valence-electron chi connectivity index (χ1n) is 11.1. The molecule has 2 atom stereocenters. The van der Waals surface area contributed by atoms with Crippen molar-refractivity contribution in [3.63, 3.8) is 0 Å². The van der Waals surface area contributed by atoms with Gasteiger partial charge in [-0.1, -0.05) is 0 Å². The lowest BCUT2D eigenvalue weighted by atomic mass is 10.1. The van der Waals surface area contributed by atoms with Crippen molar-refractivity contribution in [2.45, 2.75) is 25.9 Å². The van der Waals surface area contributed by atoms with E-state index in [1.54, 1.807) is 6.07 Å². The molecule has 2 fully saturated rings. The van der Waals surface area contributed by atoms with Crippen LogP contribution in [0.4, 0.5) is 11.8 Å². The van der Waals surface area contributed by atoms with Gasteiger partial charge in [-0.2, -0.15) is 9.97 Å². The number of carboxylic acids is 1. The maximum absolute atomic E-state index is 11.1. The molecule has 0 radical (unpaired) electrons. The van der Waals surface area contributed by atoms with E-state index in [0.29, 0.717) is 50.3 Å². The fourth-order valence-electron chi connectivity index (χ4n) is 4.23. The van der Waals surface area contributed by atoms with Crippen molar-refractivity contribution in [1.82, 2.24) is 19.9 Å². The van der Waals surface area contributed by atoms with Gasteiger partial charge < -0.3 is 24.4 Å². The van der Waals surface area contributed by atoms with Crippen LogP contribution in [0.25, 0.3) is 22.3 Å². The Hall–Kier alpha value is -3.37. The summed E-state index contributed by atoms with van der Waals surface area (Å²) in [5, 5.41) is 9.98. The summed E-state index contributed by atoms with van der Waals surface area (Å²) in [5.74, 6) is 0.424. The number of anilines is 2. The van der Waals surface area contributed by atoms with Gasteiger partial charge in [0.25, 0.3) is 0 Å². The van der Waals surface area contributed by atoms with Crippen molar-refractivity contribution < 1.29 is 19.4 Å². The van der Waals surface area contributed by atoms with E-state index >= 15 is 0 Å². The highest BCUT2D eigenvalue weighted by atomic mass is 16.5. The SMILES string of the molecule is C[C@H]1COCCN1c1nc(N2CCOC[C@@H]2C)c2ccc(-c3ccc(C(=O)O)nc3)nc2n1. The number of carboxylic acid groups (broad SMARTS) is 1. The smallest absolute Gasteiger partial charge is 0.354 e. The summed E-state index contributed by atoms with van der Waals surface area (Å²) in [4.78, 5) is 34.2. The van der Waals surface area contributed by atoms with Gasteiger partial charge in [0, 0.05) is 24.8 Å². The van der Waals surface area contributed by atoms with Crippen molar-refractivity contribution in [3.8, 4) is 11.3 Å². The Morgan fingerprint density at radius 2 is 1.70 bits per heavy atom. The molecule has 0 amide bonds. The number of hydrogen-bond acceptors (Lipinski definition) is 9. The molecule has 0 bridgehead atoms. The van der Waals surface area contributed by atoms with Crippen molar-refractivity contribution in [1.29, 1.82) is 0 Å². The van der Waals surface area contributed by atoms with Crippen LogP contribution in [0.2, 0.25) is 0 Å². The van der Waals surface area contributed by atoms with Crippen LogP contribution in [0.5, 0.6) is 0 Å². The van der Waals surface area contributed by atoms with Crippen LogP contribution in [0.3, 0.4) is 0 Å². The van der Waals surface area contributed by atoms with Crippen LogP contribution in [0, 0.1) is 0 Å². The standard InChI is InChI=1S/C23H26N6O4/c1-14-12-32-9-7-28(14)21-17-4-6-18(16-3-5-19(22(30)31)24-11-16)25-20(17)26-23(27-21)29-8-10-33-13-15(29)2/h3-6,11,14-15H,7-10,12-13H2,1-2H3,(H,30,31)/t14-,15-/m0/s1. The first-order valence-corrected chi connectivity index (χ1v) is 11.1. The van der Waals surface area contributed by atoms with E-state index < -0.39 is 5.97 Å². The number of fused-ring (bicyclic) bond motifs is 1. The van der Waals surface area contributed by atoms with Gasteiger partial charge in [-0.05, 0) is 38.1 Å². The highest BCUT2D eigenvalue weighted by Crippen LogP contribution is 2.31. The predicted molar refractivity (Wildman–Crippen MR) is 123 cm³/mol. The quantitative estimate of drug-likeness (QED) is 0.635. The van der Waals surface area contributed by atoms with Gasteiger partial charge in [-0.15, -0.1) is 0 Å². The van der Waals surface area contributed by atoms with Crippen molar-refractivity contribution in [3.05, 3.63) is 36.2 Å². The molecule has 0 aromatic carbocycles. The molecule has 33 heavy (non-hydrogen) atoms. The Labute approximate surface area is 191 Å². The van der Waals surface area contributed by atoms with Gasteiger partial charge in [-0.25, -0.2) is 14.8 Å². The van der Waals surface area contributed by atoms with Crippen molar-refractivity contribution >= 4 is 28.8 Å². The first kappa shape index (κ1) is 21.5. The van der Waals surface area contributed by atoms with E-state index in [4.69, 9.17) is 29.5 Å². The van der Waals surface area contributed by atoms with Crippen LogP contribution in [-0.4, -0.2) is 82.6 Å². The zero-order valence-electron chi connectivity index (χ0n) is 18.6. The lowest BCUT2D eigenvalue weighted by molar-refractivity contribution is 0.0690. The first-order chi connectivity index (χ1) is 16.0. The second kappa shape index (κ2) is 8.87. The number of aromatic nitrogens is 4. The zero-order valence-corrected chi connectivity index (χ0v) is 18.6. The number of aromatic carboxylic acids is 1. The second-order valence-corrected chi connectivity index (χ2v) is 8.39. The molecule has 2 aliphatic rings. The summed E-state index contributed by atoms with van der Waals surface area (Å²) in [6, 6.07) is 7.40. The molecule has 0 unspecified atom stereocenters. The summed E-state index contributed by atoms with van der Waals surface area (Å²) >= 11 is 0. The minimum Gasteiger partial charge on any atom is -0.477 e. The lowest BCUT2D eigenvalue weighted by Gasteiger charge is -2.37. The number of rotatable bonds is 4. The van der Waals surface area contributed by atoms with E-state index in [-0.39, 0.29) is 17.8 Å². The molecule has 2 saturated heterocycles. The van der Waals surface area contributed by atoms with E-state index in [2.05, 4.69) is 28.6 Å². The number of carbonyl (C=O) groups is 1. The minimum absolute atomic E-state index is 0.00551. The molecule has 0 spiro atoms. The van der Waals surface area contributed by atoms with Crippen LogP contribution in [-0.2, 0) is 9.47 Å². The fourth-order valence-corrected chi connectivity index (χ4v) is 4.23. The topological polar surface area (TPSA) is 114 Å². The monoisotopic (exact) mass is 450 g/mol. The molecule has 5 rings (SSSR count). The molecule has 2 aliphatic heterocycles. The van der Waals surface area contributed by atoms with Crippen LogP contribution >= 0.6 is 0 Å². The Balaban J connectivity index is 1.62. The highest BCUT2D eigenvalue weighted by molar-refractivity contribution is 5.90. The molecule has 3 aromatic heterocycles. The molecular formula is C23H26N6O4. The summed E-state index contributed by atoms with van der Waals surface area (Å²) < 4.78 is 11.2. The van der Waals surface area contributed by atoms with Gasteiger partial charge in [0.1, 0.15) is 11.5 Å². The van der Waals surface area contributed by atoms with Gasteiger partial charge >= 0.3 is 5.97 Å². The Morgan fingerprint density at radius 3 is 2.33 bits per heavy atom. The Bertz CT molecular complexity index is 1170. The summed E-state index contributed by atoms with van der Waals surface area (Å²) in [6.07, 6.45) is 1.52. The van der Waals surface area contributed by atoms with Crippen LogP contribution < -0.4 is 9.80 Å². The van der Waals surface area contributed by atoms with E-state index in [1.165, 1.54) is 12.3 Å². The summed E-state index contributed by atoms with van der Waals surface area (Å²) in [7, 11) is 0. The van der Waals surface area contributed by atoms with Crippen molar-refractivity contribution in [2.24, 2.45) is 0 Å². The zero-order chi connectivity index (χ0) is 22.9. The largest absolute Gasteiger partial charge is 0.477 e. The molecule has 1 N–H and O–H groups in total. The average Bonchev–Trinajstić information content (AvgIpc) is 2.84. The van der Waals surface area contributed by atoms with Crippen LogP contribution in [0.15, 0.2) is 30.5 Å². The van der Waals surface area contributed by atoms with Gasteiger partial charge in [0.2, 0.25) is 5.95 Å². The normalized spacial score (nSPS) is 21.4. The third-order valence-corrected chi connectivity index (χ3v) is 6.07. The average molecular weight is 450 g/mol. The van der Waals surface area contributed by atoms with Crippen molar-refractivity contribution in [2.75, 3.05) is 49.3 Å². The molecular weight excluding hydrogens is 424 g/mol. The number of hydrogen-bond donors (Lipinski definition) is 1. The summed E-state index contributed by atoms with van der Waals surface area (Å²) in [6.45, 7) is 8.22. The summed E-state index contributed by atoms with van der Waals surface area (Å²) in [5.41, 5.74) is 1.98. The fraction of sp³-hybridized carbons (Fsp3) is 0.435. The molecule has 5 heterocycles. The molecule has 0 saturated carbocycles. The number of morpholine rings is 2. The molecule has 3 aromatic rings. The third kappa shape index (κ3) is 4.19. The third-order valence-electron chi connectivity index (χ3n) is 6.07. The molecule has 10 heteroatoms. The van der Waals surface area contributed by atoms with Crippen LogP contribution in [0.1, 0.15) is 24.3 Å². The Morgan fingerprint density at radius 1 is 0.970 bits per heavy atom. The molecule has 0 aliphatic carbocycles. The second-order valence-electron chi connectivity index (χ2n) is 8.39. The van der Waals surface area contributed by atoms with E-state index in [9.17, 15) is 4.79 Å². The number of pyridine rings is 2. The maximum Gasteiger partial charge on any atom is 0.354 e. The van der Waals surface area contributed by atoms with Gasteiger partial charge in [-0.3, -0.25) is 0 Å². The van der Waals surface area contributed by atoms with E-state index in [0.717, 1.165) is 23.3 Å². The minimum atomic E-state index is -1.06. The van der Waals surface area contributed by atoms with Gasteiger partial charge in [0.05, 0.1) is 49.6 Å².